The Hall–Kier alpha value is -3.55. The van der Waals surface area contributed by atoms with Crippen LogP contribution in [0.25, 0.3) is 5.69 Å². The van der Waals surface area contributed by atoms with Crippen LogP contribution in [0, 0.1) is 13.8 Å². The van der Waals surface area contributed by atoms with Crippen molar-refractivity contribution in [3.63, 3.8) is 0 Å². The van der Waals surface area contributed by atoms with Crippen LogP contribution >= 0.6 is 0 Å². The van der Waals surface area contributed by atoms with Gasteiger partial charge in [0.05, 0.1) is 18.0 Å². The fourth-order valence-corrected chi connectivity index (χ4v) is 4.46. The van der Waals surface area contributed by atoms with Crippen LogP contribution < -0.4 is 5.32 Å². The number of imidazole rings is 1. The molecule has 0 saturated carbocycles. The van der Waals surface area contributed by atoms with Gasteiger partial charge in [-0.25, -0.2) is 15.0 Å². The van der Waals surface area contributed by atoms with Crippen molar-refractivity contribution in [2.45, 2.75) is 33.2 Å². The Labute approximate surface area is 200 Å². The molecule has 0 bridgehead atoms. The first-order chi connectivity index (χ1) is 16.6. The minimum absolute atomic E-state index is 0.164. The molecular weight excluding hydrogens is 424 g/mol. The Morgan fingerprint density at radius 3 is 2.50 bits per heavy atom. The monoisotopic (exact) mass is 454 g/mol. The van der Waals surface area contributed by atoms with Crippen LogP contribution in [0.5, 0.6) is 0 Å². The van der Waals surface area contributed by atoms with E-state index in [0.29, 0.717) is 12.5 Å². The number of rotatable bonds is 7. The van der Waals surface area contributed by atoms with Gasteiger partial charge >= 0.3 is 0 Å². The smallest absolute Gasteiger partial charge is 0.227 e. The van der Waals surface area contributed by atoms with Gasteiger partial charge in [0.2, 0.25) is 5.95 Å². The van der Waals surface area contributed by atoms with Crippen molar-refractivity contribution in [3.8, 4) is 5.69 Å². The Bertz CT molecular complexity index is 1260. The van der Waals surface area contributed by atoms with Crippen molar-refractivity contribution in [2.75, 3.05) is 25.0 Å². The molecule has 0 amide bonds. The van der Waals surface area contributed by atoms with Gasteiger partial charge in [-0.2, -0.15) is 0 Å². The van der Waals surface area contributed by atoms with E-state index in [0.717, 1.165) is 54.5 Å². The molecule has 7 nitrogen and oxygen atoms in total. The normalized spacial score (nSPS) is 13.6. The van der Waals surface area contributed by atoms with Crippen molar-refractivity contribution in [3.05, 3.63) is 94.8 Å². The molecule has 1 aliphatic heterocycles. The van der Waals surface area contributed by atoms with Crippen molar-refractivity contribution >= 4 is 11.6 Å². The number of fused-ring (bicyclic) bond motifs is 1. The lowest BCUT2D eigenvalue weighted by molar-refractivity contribution is 0.183. The zero-order valence-electron chi connectivity index (χ0n) is 19.7. The molecule has 0 fully saturated rings. The van der Waals surface area contributed by atoms with Gasteiger partial charge in [-0.3, -0.25) is 4.90 Å². The molecule has 0 spiro atoms. The highest BCUT2D eigenvalue weighted by atomic mass is 16.3. The Kier molecular flexibility index (Phi) is 6.38. The zero-order chi connectivity index (χ0) is 23.5. The zero-order valence-corrected chi connectivity index (χ0v) is 19.7. The summed E-state index contributed by atoms with van der Waals surface area (Å²) in [5, 5.41) is 12.8. The third-order valence-electron chi connectivity index (χ3n) is 6.36. The molecule has 4 aromatic rings. The lowest BCUT2D eigenvalue weighted by Crippen LogP contribution is -2.34. The van der Waals surface area contributed by atoms with Gasteiger partial charge < -0.3 is 15.0 Å². The largest absolute Gasteiger partial charge is 0.395 e. The molecule has 34 heavy (non-hydrogen) atoms. The molecule has 2 aromatic heterocycles. The maximum absolute atomic E-state index is 9.41. The molecule has 0 radical (unpaired) electrons. The molecule has 2 aromatic carbocycles. The summed E-state index contributed by atoms with van der Waals surface area (Å²) in [6.07, 6.45) is 5.37. The van der Waals surface area contributed by atoms with Crippen LogP contribution in [-0.2, 0) is 19.4 Å². The first-order valence-corrected chi connectivity index (χ1v) is 11.7. The number of benzene rings is 2. The topological polar surface area (TPSA) is 79.1 Å². The number of hydrogen-bond donors (Lipinski definition) is 2. The van der Waals surface area contributed by atoms with Gasteiger partial charge in [-0.05, 0) is 43.7 Å². The fourth-order valence-electron chi connectivity index (χ4n) is 4.46. The van der Waals surface area contributed by atoms with E-state index in [9.17, 15) is 5.11 Å². The van der Waals surface area contributed by atoms with Gasteiger partial charge in [0, 0.05) is 61.8 Å². The summed E-state index contributed by atoms with van der Waals surface area (Å²) in [6, 6.07) is 16.8. The number of aliphatic hydroxyl groups is 1. The standard InChI is InChI=1S/C27H30N6O/c1-19-3-5-21(6-4-19)17-26-24-18-32(15-16-34)13-11-25(24)30-27(31-26)29-22-7-9-23(10-8-22)33-14-12-28-20(33)2/h3-10,12,14,34H,11,13,15-18H2,1-2H3,(H,29,30,31). The van der Waals surface area contributed by atoms with Crippen molar-refractivity contribution in [1.82, 2.24) is 24.4 Å². The number of aromatic nitrogens is 4. The summed E-state index contributed by atoms with van der Waals surface area (Å²) in [5.41, 5.74) is 7.83. The fraction of sp³-hybridized carbons (Fsp3) is 0.296. The number of hydrogen-bond acceptors (Lipinski definition) is 6. The maximum atomic E-state index is 9.41. The lowest BCUT2D eigenvalue weighted by atomic mass is 9.99. The SMILES string of the molecule is Cc1ccc(Cc2nc(Nc3ccc(-n4ccnc4C)cc3)nc3c2CN(CCO)CC3)cc1. The molecule has 2 N–H and O–H groups in total. The van der Waals surface area contributed by atoms with E-state index in [1.807, 2.05) is 25.3 Å². The van der Waals surface area contributed by atoms with Crippen LogP contribution in [0.3, 0.4) is 0 Å². The van der Waals surface area contributed by atoms with E-state index < -0.39 is 0 Å². The molecule has 5 rings (SSSR count). The number of anilines is 2. The van der Waals surface area contributed by atoms with E-state index in [4.69, 9.17) is 9.97 Å². The molecule has 0 unspecified atom stereocenters. The molecule has 1 aliphatic rings. The second kappa shape index (κ2) is 9.75. The first kappa shape index (κ1) is 22.3. The Morgan fingerprint density at radius 2 is 1.79 bits per heavy atom. The molecular formula is C27H30N6O. The highest BCUT2D eigenvalue weighted by molar-refractivity contribution is 5.56. The van der Waals surface area contributed by atoms with Gasteiger partial charge in [0.1, 0.15) is 5.82 Å². The van der Waals surface area contributed by atoms with E-state index in [1.165, 1.54) is 16.7 Å². The molecule has 0 saturated heterocycles. The van der Waals surface area contributed by atoms with E-state index >= 15 is 0 Å². The van der Waals surface area contributed by atoms with Crippen LogP contribution in [0.2, 0.25) is 0 Å². The average molecular weight is 455 g/mol. The summed E-state index contributed by atoms with van der Waals surface area (Å²) in [5.74, 6) is 1.58. The van der Waals surface area contributed by atoms with Crippen molar-refractivity contribution in [1.29, 1.82) is 0 Å². The summed E-state index contributed by atoms with van der Waals surface area (Å²) in [7, 11) is 0. The maximum Gasteiger partial charge on any atom is 0.227 e. The average Bonchev–Trinajstić information content (AvgIpc) is 3.27. The highest BCUT2D eigenvalue weighted by Gasteiger charge is 2.22. The third-order valence-corrected chi connectivity index (χ3v) is 6.36. The van der Waals surface area contributed by atoms with E-state index in [2.05, 4.69) is 63.1 Å². The van der Waals surface area contributed by atoms with Gasteiger partial charge in [-0.1, -0.05) is 29.8 Å². The number of β-amino-alcohol motifs (C(OH)–C–C–N with tert-alkyl or cyclic N) is 1. The molecule has 0 atom stereocenters. The Balaban J connectivity index is 1.43. The quantitative estimate of drug-likeness (QED) is 0.440. The Morgan fingerprint density at radius 1 is 1.00 bits per heavy atom. The van der Waals surface area contributed by atoms with Gasteiger partial charge in [0.25, 0.3) is 0 Å². The van der Waals surface area contributed by atoms with E-state index in [1.54, 1.807) is 6.20 Å². The van der Waals surface area contributed by atoms with Gasteiger partial charge in [0.15, 0.2) is 0 Å². The van der Waals surface area contributed by atoms with Crippen LogP contribution in [0.4, 0.5) is 11.6 Å². The second-order valence-electron chi connectivity index (χ2n) is 8.85. The number of nitrogens with one attached hydrogen (secondary N) is 1. The number of nitrogens with zero attached hydrogens (tertiary/aromatic N) is 5. The summed E-state index contributed by atoms with van der Waals surface area (Å²) < 4.78 is 2.05. The highest BCUT2D eigenvalue weighted by Crippen LogP contribution is 2.25. The molecule has 7 heteroatoms. The van der Waals surface area contributed by atoms with Crippen molar-refractivity contribution < 1.29 is 5.11 Å². The molecule has 174 valence electrons. The van der Waals surface area contributed by atoms with Crippen LogP contribution in [-0.4, -0.2) is 49.2 Å². The number of aryl methyl sites for hydroxylation is 2. The summed E-state index contributed by atoms with van der Waals surface area (Å²) >= 11 is 0. The van der Waals surface area contributed by atoms with E-state index in [-0.39, 0.29) is 6.61 Å². The summed E-state index contributed by atoms with van der Waals surface area (Å²) in [4.78, 5) is 16.4. The molecule has 3 heterocycles. The van der Waals surface area contributed by atoms with Crippen LogP contribution in [0.15, 0.2) is 60.9 Å². The second-order valence-corrected chi connectivity index (χ2v) is 8.85. The minimum atomic E-state index is 0.164. The summed E-state index contributed by atoms with van der Waals surface area (Å²) in [6.45, 7) is 6.60. The number of aliphatic hydroxyl groups excluding tert-OH is 1. The third kappa shape index (κ3) is 4.85. The lowest BCUT2D eigenvalue weighted by Gasteiger charge is -2.29. The predicted octanol–water partition coefficient (Wildman–Crippen LogP) is 3.96. The predicted molar refractivity (Wildman–Crippen MR) is 134 cm³/mol. The molecule has 0 aliphatic carbocycles. The van der Waals surface area contributed by atoms with Crippen LogP contribution in [0.1, 0.15) is 33.9 Å². The van der Waals surface area contributed by atoms with Crippen molar-refractivity contribution in [2.24, 2.45) is 0 Å². The minimum Gasteiger partial charge on any atom is -0.395 e. The van der Waals surface area contributed by atoms with Gasteiger partial charge in [-0.15, -0.1) is 0 Å². The first-order valence-electron chi connectivity index (χ1n) is 11.7.